The smallest absolute Gasteiger partial charge is 0.387 e. The summed E-state index contributed by atoms with van der Waals surface area (Å²) in [5.74, 6) is 0.671. The van der Waals surface area contributed by atoms with Crippen LogP contribution in [0.15, 0.2) is 23.2 Å². The van der Waals surface area contributed by atoms with E-state index in [1.807, 2.05) is 14.1 Å². The SMILES string of the molecule is CN=C(NCc1cc(Cl)ccc1OC(F)F)NCC(C)(C)CN(C)C. The average Bonchev–Trinajstić information content (AvgIpc) is 2.48. The molecule has 0 amide bonds. The van der Waals surface area contributed by atoms with E-state index >= 15 is 0 Å². The molecule has 5 nitrogen and oxygen atoms in total. The van der Waals surface area contributed by atoms with Crippen molar-refractivity contribution in [2.45, 2.75) is 27.0 Å². The van der Waals surface area contributed by atoms with Gasteiger partial charge in [-0.15, -0.1) is 0 Å². The molecule has 0 radical (unpaired) electrons. The normalized spacial score (nSPS) is 12.6. The monoisotopic (exact) mass is 376 g/mol. The van der Waals surface area contributed by atoms with Crippen molar-refractivity contribution < 1.29 is 13.5 Å². The van der Waals surface area contributed by atoms with Crippen molar-refractivity contribution in [2.24, 2.45) is 10.4 Å². The number of rotatable bonds is 8. The van der Waals surface area contributed by atoms with Crippen LogP contribution < -0.4 is 15.4 Å². The molecule has 0 aliphatic heterocycles. The van der Waals surface area contributed by atoms with Gasteiger partial charge in [0.15, 0.2) is 5.96 Å². The molecular formula is C17H27ClF2N4O. The standard InChI is InChI=1S/C17H27ClF2N4O/c1-17(2,11-24(4)5)10-23-16(21-3)22-9-12-8-13(18)6-7-14(12)25-15(19)20/h6-8,15H,9-11H2,1-5H3,(H2,21,22,23). The zero-order chi connectivity index (χ0) is 19.0. The summed E-state index contributed by atoms with van der Waals surface area (Å²) < 4.78 is 29.5. The molecule has 1 rings (SSSR count). The van der Waals surface area contributed by atoms with Gasteiger partial charge in [-0.25, -0.2) is 0 Å². The minimum atomic E-state index is -2.89. The second-order valence-electron chi connectivity index (χ2n) is 6.81. The molecule has 1 aromatic rings. The van der Waals surface area contributed by atoms with E-state index in [9.17, 15) is 8.78 Å². The molecule has 0 unspecified atom stereocenters. The summed E-state index contributed by atoms with van der Waals surface area (Å²) in [5.41, 5.74) is 0.574. The first-order valence-electron chi connectivity index (χ1n) is 7.95. The van der Waals surface area contributed by atoms with E-state index in [0.29, 0.717) is 23.1 Å². The van der Waals surface area contributed by atoms with Crippen LogP contribution in [0.4, 0.5) is 8.78 Å². The van der Waals surface area contributed by atoms with Crippen LogP contribution in [-0.2, 0) is 6.54 Å². The molecule has 0 bridgehead atoms. The van der Waals surface area contributed by atoms with Crippen molar-refractivity contribution in [1.29, 1.82) is 0 Å². The molecule has 0 aromatic heterocycles. The predicted octanol–water partition coefficient (Wildman–Crippen LogP) is 3.19. The molecule has 142 valence electrons. The molecule has 0 atom stereocenters. The van der Waals surface area contributed by atoms with Gasteiger partial charge in [0.05, 0.1) is 0 Å². The van der Waals surface area contributed by atoms with Gasteiger partial charge in [0, 0.05) is 37.3 Å². The third-order valence-electron chi connectivity index (χ3n) is 3.39. The topological polar surface area (TPSA) is 48.9 Å². The molecule has 8 heteroatoms. The van der Waals surface area contributed by atoms with E-state index in [-0.39, 0.29) is 17.7 Å². The van der Waals surface area contributed by atoms with Gasteiger partial charge >= 0.3 is 6.61 Å². The highest BCUT2D eigenvalue weighted by Crippen LogP contribution is 2.24. The number of ether oxygens (including phenoxy) is 1. The van der Waals surface area contributed by atoms with Crippen LogP contribution >= 0.6 is 11.6 Å². The van der Waals surface area contributed by atoms with Crippen molar-refractivity contribution in [3.05, 3.63) is 28.8 Å². The third kappa shape index (κ3) is 8.36. The van der Waals surface area contributed by atoms with Gasteiger partial charge in [-0.1, -0.05) is 25.4 Å². The van der Waals surface area contributed by atoms with Crippen molar-refractivity contribution >= 4 is 17.6 Å². The van der Waals surface area contributed by atoms with E-state index in [1.165, 1.54) is 12.1 Å². The molecule has 0 aliphatic rings. The first-order chi connectivity index (χ1) is 11.6. The fourth-order valence-corrected chi connectivity index (χ4v) is 2.73. The average molecular weight is 377 g/mol. The Kier molecular flexibility index (Phi) is 8.38. The summed E-state index contributed by atoms with van der Waals surface area (Å²) in [5, 5.41) is 6.80. The van der Waals surface area contributed by atoms with Crippen molar-refractivity contribution in [3.8, 4) is 5.75 Å². The van der Waals surface area contributed by atoms with Gasteiger partial charge in [-0.2, -0.15) is 8.78 Å². The van der Waals surface area contributed by atoms with E-state index < -0.39 is 6.61 Å². The summed E-state index contributed by atoms with van der Waals surface area (Å²) in [6.45, 7) is 3.30. The van der Waals surface area contributed by atoms with E-state index in [4.69, 9.17) is 11.6 Å². The summed E-state index contributed by atoms with van der Waals surface area (Å²) in [7, 11) is 5.71. The lowest BCUT2D eigenvalue weighted by Crippen LogP contribution is -2.44. The first kappa shape index (κ1) is 21.4. The van der Waals surface area contributed by atoms with Gasteiger partial charge in [-0.05, 0) is 37.7 Å². The number of aliphatic imine (C=N–C) groups is 1. The van der Waals surface area contributed by atoms with Gasteiger partial charge in [0.25, 0.3) is 0 Å². The molecule has 0 spiro atoms. The Labute approximate surface area is 153 Å². The Bertz CT molecular complexity index is 580. The van der Waals surface area contributed by atoms with Crippen molar-refractivity contribution in [2.75, 3.05) is 34.2 Å². The Morgan fingerprint density at radius 1 is 1.32 bits per heavy atom. The highest BCUT2D eigenvalue weighted by molar-refractivity contribution is 6.30. The molecule has 0 fully saturated rings. The molecular weight excluding hydrogens is 350 g/mol. The lowest BCUT2D eigenvalue weighted by atomic mass is 9.93. The number of halogens is 3. The number of guanidine groups is 1. The maximum absolute atomic E-state index is 12.5. The Hall–Kier alpha value is -1.60. The Balaban J connectivity index is 2.67. The third-order valence-corrected chi connectivity index (χ3v) is 3.62. The minimum Gasteiger partial charge on any atom is -0.434 e. The highest BCUT2D eigenvalue weighted by Gasteiger charge is 2.19. The Morgan fingerprint density at radius 2 is 2.00 bits per heavy atom. The van der Waals surface area contributed by atoms with E-state index in [1.54, 1.807) is 13.1 Å². The van der Waals surface area contributed by atoms with Crippen LogP contribution in [0.25, 0.3) is 0 Å². The predicted molar refractivity (Wildman–Crippen MR) is 98.6 cm³/mol. The molecule has 25 heavy (non-hydrogen) atoms. The summed E-state index contributed by atoms with van der Waals surface area (Å²) in [6.07, 6.45) is 0. The fourth-order valence-electron chi connectivity index (χ4n) is 2.53. The highest BCUT2D eigenvalue weighted by atomic mass is 35.5. The molecule has 2 N–H and O–H groups in total. The number of hydrogen-bond donors (Lipinski definition) is 2. The number of hydrogen-bond acceptors (Lipinski definition) is 3. The minimum absolute atomic E-state index is 0.0428. The quantitative estimate of drug-likeness (QED) is 0.540. The van der Waals surface area contributed by atoms with Crippen LogP contribution in [0.5, 0.6) is 5.75 Å². The second-order valence-corrected chi connectivity index (χ2v) is 7.25. The number of nitrogens with zero attached hydrogens (tertiary/aromatic N) is 2. The number of alkyl halides is 2. The van der Waals surface area contributed by atoms with Crippen molar-refractivity contribution in [3.63, 3.8) is 0 Å². The van der Waals surface area contributed by atoms with Gasteiger partial charge in [0.2, 0.25) is 0 Å². The van der Waals surface area contributed by atoms with Crippen LogP contribution in [0.1, 0.15) is 19.4 Å². The zero-order valence-corrected chi connectivity index (χ0v) is 16.1. The van der Waals surface area contributed by atoms with Crippen LogP contribution in [-0.4, -0.2) is 51.7 Å². The molecule has 0 aliphatic carbocycles. The lowest BCUT2D eigenvalue weighted by Gasteiger charge is -2.29. The van der Waals surface area contributed by atoms with E-state index in [0.717, 1.165) is 6.54 Å². The zero-order valence-electron chi connectivity index (χ0n) is 15.4. The van der Waals surface area contributed by atoms with Crippen LogP contribution in [0.2, 0.25) is 5.02 Å². The summed E-state index contributed by atoms with van der Waals surface area (Å²) in [6, 6.07) is 4.54. The van der Waals surface area contributed by atoms with Gasteiger partial charge in [0.1, 0.15) is 5.75 Å². The van der Waals surface area contributed by atoms with Crippen LogP contribution in [0, 0.1) is 5.41 Å². The van der Waals surface area contributed by atoms with Gasteiger partial charge < -0.3 is 20.3 Å². The largest absolute Gasteiger partial charge is 0.434 e. The molecule has 0 heterocycles. The maximum atomic E-state index is 12.5. The fraction of sp³-hybridized carbons (Fsp3) is 0.588. The summed E-state index contributed by atoms with van der Waals surface area (Å²) >= 11 is 5.95. The Morgan fingerprint density at radius 3 is 2.56 bits per heavy atom. The molecule has 0 saturated heterocycles. The van der Waals surface area contributed by atoms with Crippen molar-refractivity contribution in [1.82, 2.24) is 15.5 Å². The van der Waals surface area contributed by atoms with Gasteiger partial charge in [-0.3, -0.25) is 4.99 Å². The second kappa shape index (κ2) is 9.77. The number of nitrogens with one attached hydrogen (secondary N) is 2. The first-order valence-corrected chi connectivity index (χ1v) is 8.33. The van der Waals surface area contributed by atoms with Crippen LogP contribution in [0.3, 0.4) is 0 Å². The lowest BCUT2D eigenvalue weighted by molar-refractivity contribution is -0.0504. The number of benzene rings is 1. The maximum Gasteiger partial charge on any atom is 0.387 e. The summed E-state index contributed by atoms with van der Waals surface area (Å²) in [4.78, 5) is 6.28. The molecule has 1 aromatic carbocycles. The molecule has 0 saturated carbocycles. The van der Waals surface area contributed by atoms with E-state index in [2.05, 4.69) is 39.1 Å².